The van der Waals surface area contributed by atoms with Crippen molar-refractivity contribution >= 4 is 11.6 Å². The van der Waals surface area contributed by atoms with E-state index in [1.807, 2.05) is 12.1 Å². The number of Topliss-reactive ketones (excluding diaryl/α,β-unsaturated/α-hetero) is 1. The summed E-state index contributed by atoms with van der Waals surface area (Å²) in [6, 6.07) is 17.7. The van der Waals surface area contributed by atoms with E-state index in [2.05, 4.69) is 0 Å². The SMILES string of the molecule is NC(=CC(=O)c1ccccc1)CC(=O)c1ccccc1. The summed E-state index contributed by atoms with van der Waals surface area (Å²) in [5.41, 5.74) is 7.19. The second kappa shape index (κ2) is 6.48. The Morgan fingerprint density at radius 1 is 0.850 bits per heavy atom. The summed E-state index contributed by atoms with van der Waals surface area (Å²) in [4.78, 5) is 23.8. The van der Waals surface area contributed by atoms with E-state index in [9.17, 15) is 9.59 Å². The molecular formula is C17H15NO2. The Labute approximate surface area is 117 Å². The van der Waals surface area contributed by atoms with Gasteiger partial charge < -0.3 is 5.73 Å². The molecular weight excluding hydrogens is 250 g/mol. The lowest BCUT2D eigenvalue weighted by molar-refractivity contribution is 0.0992. The molecule has 0 aliphatic carbocycles. The lowest BCUT2D eigenvalue weighted by atomic mass is 10.0. The van der Waals surface area contributed by atoms with E-state index < -0.39 is 0 Å². The van der Waals surface area contributed by atoms with Crippen LogP contribution in [0.3, 0.4) is 0 Å². The van der Waals surface area contributed by atoms with Gasteiger partial charge in [0.15, 0.2) is 11.6 Å². The largest absolute Gasteiger partial charge is 0.402 e. The number of ketones is 2. The molecule has 0 saturated carbocycles. The van der Waals surface area contributed by atoms with Crippen molar-refractivity contribution in [2.45, 2.75) is 6.42 Å². The Morgan fingerprint density at radius 3 is 1.90 bits per heavy atom. The number of carbonyl (C=O) groups excluding carboxylic acids is 2. The first-order valence-electron chi connectivity index (χ1n) is 6.30. The molecule has 2 rings (SSSR count). The van der Waals surface area contributed by atoms with Crippen molar-refractivity contribution in [2.24, 2.45) is 5.73 Å². The summed E-state index contributed by atoms with van der Waals surface area (Å²) in [6.45, 7) is 0. The molecule has 0 aliphatic rings. The van der Waals surface area contributed by atoms with Crippen molar-refractivity contribution in [1.29, 1.82) is 0 Å². The zero-order valence-electron chi connectivity index (χ0n) is 11.0. The number of carbonyl (C=O) groups is 2. The van der Waals surface area contributed by atoms with E-state index in [4.69, 9.17) is 5.73 Å². The molecule has 0 fully saturated rings. The van der Waals surface area contributed by atoms with Gasteiger partial charge in [-0.15, -0.1) is 0 Å². The predicted molar refractivity (Wildman–Crippen MR) is 78.4 cm³/mol. The van der Waals surface area contributed by atoms with E-state index in [-0.39, 0.29) is 23.7 Å². The number of benzene rings is 2. The molecule has 0 heterocycles. The third kappa shape index (κ3) is 3.65. The molecule has 3 nitrogen and oxygen atoms in total. The number of hydrogen-bond acceptors (Lipinski definition) is 3. The minimum Gasteiger partial charge on any atom is -0.402 e. The van der Waals surface area contributed by atoms with E-state index >= 15 is 0 Å². The minimum absolute atomic E-state index is 0.0442. The molecule has 0 spiro atoms. The lowest BCUT2D eigenvalue weighted by Gasteiger charge is -2.02. The summed E-state index contributed by atoms with van der Waals surface area (Å²) in [6.07, 6.45) is 1.36. The highest BCUT2D eigenvalue weighted by molar-refractivity contribution is 6.05. The molecule has 2 aromatic rings. The highest BCUT2D eigenvalue weighted by Gasteiger charge is 2.08. The average molecular weight is 265 g/mol. The fraction of sp³-hybridized carbons (Fsp3) is 0.0588. The highest BCUT2D eigenvalue weighted by Crippen LogP contribution is 2.08. The van der Waals surface area contributed by atoms with Crippen LogP contribution >= 0.6 is 0 Å². The maximum atomic E-state index is 11.9. The molecule has 0 aromatic heterocycles. The van der Waals surface area contributed by atoms with Gasteiger partial charge in [0.05, 0.1) is 6.42 Å². The monoisotopic (exact) mass is 265 g/mol. The fourth-order valence-corrected chi connectivity index (χ4v) is 1.82. The van der Waals surface area contributed by atoms with Crippen LogP contribution in [0.15, 0.2) is 72.4 Å². The van der Waals surface area contributed by atoms with Gasteiger partial charge in [-0.1, -0.05) is 60.7 Å². The van der Waals surface area contributed by atoms with Crippen LogP contribution in [0.1, 0.15) is 27.1 Å². The number of nitrogens with two attached hydrogens (primary N) is 1. The van der Waals surface area contributed by atoms with Gasteiger partial charge in [-0.05, 0) is 0 Å². The van der Waals surface area contributed by atoms with Crippen molar-refractivity contribution in [3.05, 3.63) is 83.6 Å². The Hall–Kier alpha value is -2.68. The van der Waals surface area contributed by atoms with Crippen LogP contribution in [0, 0.1) is 0 Å². The van der Waals surface area contributed by atoms with Gasteiger partial charge in [-0.3, -0.25) is 9.59 Å². The van der Waals surface area contributed by atoms with Crippen LogP contribution in [0.4, 0.5) is 0 Å². The van der Waals surface area contributed by atoms with Gasteiger partial charge in [0.1, 0.15) is 0 Å². The zero-order chi connectivity index (χ0) is 14.4. The Balaban J connectivity index is 2.05. The minimum atomic E-state index is -0.191. The van der Waals surface area contributed by atoms with Gasteiger partial charge in [0.25, 0.3) is 0 Å². The summed E-state index contributed by atoms with van der Waals surface area (Å²) in [7, 11) is 0. The quantitative estimate of drug-likeness (QED) is 0.667. The van der Waals surface area contributed by atoms with Crippen molar-refractivity contribution in [3.63, 3.8) is 0 Å². The molecule has 2 N–H and O–H groups in total. The third-order valence-corrected chi connectivity index (χ3v) is 2.84. The zero-order valence-corrected chi connectivity index (χ0v) is 11.0. The van der Waals surface area contributed by atoms with Crippen molar-refractivity contribution in [2.75, 3.05) is 0 Å². The molecule has 3 heteroatoms. The summed E-state index contributed by atoms with van der Waals surface area (Å²) < 4.78 is 0. The third-order valence-electron chi connectivity index (χ3n) is 2.84. The maximum absolute atomic E-state index is 11.9. The molecule has 0 radical (unpaired) electrons. The van der Waals surface area contributed by atoms with Gasteiger partial charge >= 0.3 is 0 Å². The standard InChI is InChI=1S/C17H15NO2/c18-15(11-16(19)13-7-3-1-4-8-13)12-17(20)14-9-5-2-6-10-14/h1-11H,12,18H2. The second-order valence-corrected chi connectivity index (χ2v) is 4.42. The van der Waals surface area contributed by atoms with E-state index in [1.54, 1.807) is 48.5 Å². The molecule has 100 valence electrons. The Kier molecular flexibility index (Phi) is 4.45. The van der Waals surface area contributed by atoms with E-state index in [0.717, 1.165) is 0 Å². The Morgan fingerprint density at radius 2 is 1.35 bits per heavy atom. The van der Waals surface area contributed by atoms with Gasteiger partial charge in [0.2, 0.25) is 0 Å². The van der Waals surface area contributed by atoms with Crippen LogP contribution < -0.4 is 5.73 Å². The first kappa shape index (κ1) is 13.7. The van der Waals surface area contributed by atoms with E-state index in [1.165, 1.54) is 6.08 Å². The molecule has 0 amide bonds. The maximum Gasteiger partial charge on any atom is 0.187 e. The summed E-state index contributed by atoms with van der Waals surface area (Å²) >= 11 is 0. The smallest absolute Gasteiger partial charge is 0.187 e. The average Bonchev–Trinajstić information content (AvgIpc) is 2.49. The normalized spacial score (nSPS) is 11.1. The van der Waals surface area contributed by atoms with Crippen molar-refractivity contribution in [3.8, 4) is 0 Å². The Bertz CT molecular complexity index is 631. The fourth-order valence-electron chi connectivity index (χ4n) is 1.82. The molecule has 2 aromatic carbocycles. The molecule has 20 heavy (non-hydrogen) atoms. The van der Waals surface area contributed by atoms with Crippen LogP contribution in [0.2, 0.25) is 0 Å². The van der Waals surface area contributed by atoms with Crippen molar-refractivity contribution in [1.82, 2.24) is 0 Å². The lowest BCUT2D eigenvalue weighted by Crippen LogP contribution is -2.09. The van der Waals surface area contributed by atoms with E-state index in [0.29, 0.717) is 11.1 Å². The molecule has 0 bridgehead atoms. The van der Waals surface area contributed by atoms with Gasteiger partial charge in [0, 0.05) is 22.9 Å². The van der Waals surface area contributed by atoms with Crippen LogP contribution in [-0.2, 0) is 0 Å². The van der Waals surface area contributed by atoms with Crippen LogP contribution in [-0.4, -0.2) is 11.6 Å². The second-order valence-electron chi connectivity index (χ2n) is 4.42. The first-order valence-corrected chi connectivity index (χ1v) is 6.30. The summed E-state index contributed by atoms with van der Waals surface area (Å²) in [5, 5.41) is 0. The summed E-state index contributed by atoms with van der Waals surface area (Å²) in [5.74, 6) is -0.288. The van der Waals surface area contributed by atoms with Crippen LogP contribution in [0.5, 0.6) is 0 Å². The van der Waals surface area contributed by atoms with Gasteiger partial charge in [-0.2, -0.15) is 0 Å². The predicted octanol–water partition coefficient (Wildman–Crippen LogP) is 2.98. The first-order chi connectivity index (χ1) is 9.66. The topological polar surface area (TPSA) is 60.2 Å². The number of rotatable bonds is 5. The number of hydrogen-bond donors (Lipinski definition) is 1. The highest BCUT2D eigenvalue weighted by atomic mass is 16.1. The van der Waals surface area contributed by atoms with Crippen molar-refractivity contribution < 1.29 is 9.59 Å². The molecule has 0 saturated heterocycles. The molecule has 0 atom stereocenters. The number of allylic oxidation sites excluding steroid dienone is 2. The molecule has 0 unspecified atom stereocenters. The van der Waals surface area contributed by atoms with Crippen LogP contribution in [0.25, 0.3) is 0 Å². The van der Waals surface area contributed by atoms with Gasteiger partial charge in [-0.25, -0.2) is 0 Å². The molecule has 0 aliphatic heterocycles.